The summed E-state index contributed by atoms with van der Waals surface area (Å²) in [6, 6.07) is 3.64. The molecule has 0 fully saturated rings. The minimum absolute atomic E-state index is 0.206. The van der Waals surface area contributed by atoms with Crippen LogP contribution >= 0.6 is 11.3 Å². The lowest BCUT2D eigenvalue weighted by Crippen LogP contribution is -2.20. The summed E-state index contributed by atoms with van der Waals surface area (Å²) in [5, 5.41) is 5.22. The first-order valence-corrected chi connectivity index (χ1v) is 6.99. The zero-order valence-corrected chi connectivity index (χ0v) is 11.4. The Morgan fingerprint density at radius 1 is 1.47 bits per heavy atom. The molecule has 96 valence electrons. The fourth-order valence-corrected chi connectivity index (χ4v) is 1.96. The van der Waals surface area contributed by atoms with Crippen LogP contribution in [0.15, 0.2) is 17.5 Å². The molecular weight excluding hydrogens is 234 g/mol. The molecule has 0 bridgehead atoms. The second kappa shape index (κ2) is 8.25. The fourth-order valence-electron chi connectivity index (χ4n) is 1.34. The molecule has 0 unspecified atom stereocenters. The molecule has 1 aromatic heterocycles. The number of esters is 1. The van der Waals surface area contributed by atoms with Gasteiger partial charge >= 0.3 is 5.97 Å². The van der Waals surface area contributed by atoms with E-state index in [0.29, 0.717) is 11.5 Å². The summed E-state index contributed by atoms with van der Waals surface area (Å²) in [7, 11) is 0. The average Bonchev–Trinajstić information content (AvgIpc) is 2.80. The van der Waals surface area contributed by atoms with Crippen LogP contribution < -0.4 is 5.32 Å². The van der Waals surface area contributed by atoms with Gasteiger partial charge in [0.05, 0.1) is 6.61 Å². The van der Waals surface area contributed by atoms with Gasteiger partial charge < -0.3 is 10.1 Å². The van der Waals surface area contributed by atoms with E-state index in [1.165, 1.54) is 17.8 Å². The van der Waals surface area contributed by atoms with Crippen LogP contribution in [0.1, 0.15) is 36.4 Å². The van der Waals surface area contributed by atoms with Gasteiger partial charge in [0.2, 0.25) is 0 Å². The van der Waals surface area contributed by atoms with E-state index in [1.54, 1.807) is 6.07 Å². The normalized spacial score (nSPS) is 10.8. The van der Waals surface area contributed by atoms with Crippen molar-refractivity contribution in [3.63, 3.8) is 0 Å². The lowest BCUT2D eigenvalue weighted by atomic mass is 10.1. The van der Waals surface area contributed by atoms with E-state index < -0.39 is 0 Å². The summed E-state index contributed by atoms with van der Waals surface area (Å²) in [5.41, 5.74) is 0. The van der Waals surface area contributed by atoms with Crippen molar-refractivity contribution in [3.05, 3.63) is 22.4 Å². The Morgan fingerprint density at radius 3 is 2.94 bits per heavy atom. The Morgan fingerprint density at radius 2 is 2.29 bits per heavy atom. The molecule has 17 heavy (non-hydrogen) atoms. The van der Waals surface area contributed by atoms with E-state index >= 15 is 0 Å². The van der Waals surface area contributed by atoms with Gasteiger partial charge in [0, 0.05) is 0 Å². The summed E-state index contributed by atoms with van der Waals surface area (Å²) < 4.78 is 5.15. The van der Waals surface area contributed by atoms with Crippen molar-refractivity contribution in [3.8, 4) is 0 Å². The average molecular weight is 255 g/mol. The molecule has 0 aliphatic carbocycles. The summed E-state index contributed by atoms with van der Waals surface area (Å²) >= 11 is 1.42. The SMILES string of the molecule is CC(C)CCNCCCOC(=O)c1cccs1. The highest BCUT2D eigenvalue weighted by Crippen LogP contribution is 2.09. The first kappa shape index (κ1) is 14.2. The lowest BCUT2D eigenvalue weighted by molar-refractivity contribution is 0.0506. The molecule has 0 aliphatic rings. The number of carbonyl (C=O) groups is 1. The number of thiophene rings is 1. The predicted molar refractivity (Wildman–Crippen MR) is 71.5 cm³/mol. The molecule has 4 heteroatoms. The van der Waals surface area contributed by atoms with Crippen LogP contribution in [0, 0.1) is 5.92 Å². The predicted octanol–water partition coefficient (Wildman–Crippen LogP) is 2.93. The van der Waals surface area contributed by atoms with Crippen LogP contribution in [0.4, 0.5) is 0 Å². The zero-order chi connectivity index (χ0) is 12.5. The third-order valence-corrected chi connectivity index (χ3v) is 3.20. The van der Waals surface area contributed by atoms with Crippen molar-refractivity contribution < 1.29 is 9.53 Å². The van der Waals surface area contributed by atoms with E-state index in [1.807, 2.05) is 11.4 Å². The minimum atomic E-state index is -0.206. The topological polar surface area (TPSA) is 38.3 Å². The van der Waals surface area contributed by atoms with Crippen molar-refractivity contribution in [1.29, 1.82) is 0 Å². The monoisotopic (exact) mass is 255 g/mol. The first-order chi connectivity index (χ1) is 8.20. The molecule has 0 aromatic carbocycles. The quantitative estimate of drug-likeness (QED) is 0.573. The molecule has 0 saturated heterocycles. The Bertz CT molecular complexity index is 309. The van der Waals surface area contributed by atoms with Gasteiger partial charge in [0.25, 0.3) is 0 Å². The number of rotatable bonds is 8. The van der Waals surface area contributed by atoms with Crippen molar-refractivity contribution in [2.24, 2.45) is 5.92 Å². The van der Waals surface area contributed by atoms with E-state index in [-0.39, 0.29) is 5.97 Å². The standard InChI is InChI=1S/C13H21NO2S/c1-11(2)6-8-14-7-4-9-16-13(15)12-5-3-10-17-12/h3,5,10-11,14H,4,6-9H2,1-2H3. The Balaban J connectivity index is 1.96. The van der Waals surface area contributed by atoms with Crippen LogP contribution in [-0.4, -0.2) is 25.7 Å². The van der Waals surface area contributed by atoms with Crippen molar-refractivity contribution >= 4 is 17.3 Å². The molecule has 0 amide bonds. The fraction of sp³-hybridized carbons (Fsp3) is 0.615. The van der Waals surface area contributed by atoms with E-state index in [2.05, 4.69) is 19.2 Å². The minimum Gasteiger partial charge on any atom is -0.461 e. The third kappa shape index (κ3) is 6.44. The molecule has 0 aliphatic heterocycles. The van der Waals surface area contributed by atoms with E-state index in [4.69, 9.17) is 4.74 Å². The largest absolute Gasteiger partial charge is 0.461 e. The van der Waals surface area contributed by atoms with Crippen LogP contribution in [-0.2, 0) is 4.74 Å². The van der Waals surface area contributed by atoms with Gasteiger partial charge in [-0.1, -0.05) is 19.9 Å². The molecule has 1 N–H and O–H groups in total. The molecule has 3 nitrogen and oxygen atoms in total. The lowest BCUT2D eigenvalue weighted by Gasteiger charge is -2.07. The molecule has 0 spiro atoms. The van der Waals surface area contributed by atoms with Gasteiger partial charge in [-0.15, -0.1) is 11.3 Å². The zero-order valence-electron chi connectivity index (χ0n) is 10.6. The van der Waals surface area contributed by atoms with Crippen LogP contribution in [0.3, 0.4) is 0 Å². The van der Waals surface area contributed by atoms with Crippen LogP contribution in [0.5, 0.6) is 0 Å². The molecule has 0 radical (unpaired) electrons. The van der Waals surface area contributed by atoms with Gasteiger partial charge in [-0.05, 0) is 43.3 Å². The number of hydrogen-bond acceptors (Lipinski definition) is 4. The molecule has 0 atom stereocenters. The van der Waals surface area contributed by atoms with Crippen molar-refractivity contribution in [2.75, 3.05) is 19.7 Å². The second-order valence-corrected chi connectivity index (χ2v) is 5.35. The van der Waals surface area contributed by atoms with Gasteiger partial charge in [-0.25, -0.2) is 4.79 Å². The first-order valence-electron chi connectivity index (χ1n) is 6.11. The van der Waals surface area contributed by atoms with Gasteiger partial charge in [-0.2, -0.15) is 0 Å². The van der Waals surface area contributed by atoms with E-state index in [0.717, 1.165) is 25.4 Å². The Labute approximate surface area is 107 Å². The van der Waals surface area contributed by atoms with Gasteiger partial charge in [-0.3, -0.25) is 0 Å². The number of ether oxygens (including phenoxy) is 1. The summed E-state index contributed by atoms with van der Waals surface area (Å²) in [4.78, 5) is 12.1. The summed E-state index contributed by atoms with van der Waals surface area (Å²) in [5.74, 6) is 0.529. The summed E-state index contributed by atoms with van der Waals surface area (Å²) in [6.07, 6.45) is 2.06. The van der Waals surface area contributed by atoms with Crippen molar-refractivity contribution in [1.82, 2.24) is 5.32 Å². The van der Waals surface area contributed by atoms with Crippen LogP contribution in [0.2, 0.25) is 0 Å². The number of nitrogens with one attached hydrogen (secondary N) is 1. The Hall–Kier alpha value is -0.870. The molecule has 1 heterocycles. The summed E-state index contributed by atoms with van der Waals surface area (Å²) in [6.45, 7) is 6.86. The molecule has 1 aromatic rings. The van der Waals surface area contributed by atoms with Gasteiger partial charge in [0.15, 0.2) is 0 Å². The maximum Gasteiger partial charge on any atom is 0.348 e. The molecule has 1 rings (SSSR count). The molecular formula is C13H21NO2S. The maximum atomic E-state index is 11.5. The molecule has 0 saturated carbocycles. The highest BCUT2D eigenvalue weighted by atomic mass is 32.1. The van der Waals surface area contributed by atoms with Crippen LogP contribution in [0.25, 0.3) is 0 Å². The highest BCUT2D eigenvalue weighted by Gasteiger charge is 2.06. The third-order valence-electron chi connectivity index (χ3n) is 2.35. The number of hydrogen-bond donors (Lipinski definition) is 1. The van der Waals surface area contributed by atoms with E-state index in [9.17, 15) is 4.79 Å². The highest BCUT2D eigenvalue weighted by molar-refractivity contribution is 7.11. The Kier molecular flexibility index (Phi) is 6.89. The second-order valence-electron chi connectivity index (χ2n) is 4.40. The van der Waals surface area contributed by atoms with Gasteiger partial charge in [0.1, 0.15) is 4.88 Å². The smallest absolute Gasteiger partial charge is 0.348 e. The number of carbonyl (C=O) groups excluding carboxylic acids is 1. The maximum absolute atomic E-state index is 11.5. The van der Waals surface area contributed by atoms with Crippen molar-refractivity contribution in [2.45, 2.75) is 26.7 Å².